The fourth-order valence-corrected chi connectivity index (χ4v) is 4.09. The first-order valence-corrected chi connectivity index (χ1v) is 11.6. The molecule has 0 aromatic heterocycles. The first kappa shape index (κ1) is 24.2. The Balaban J connectivity index is 2.08. The van der Waals surface area contributed by atoms with Crippen LogP contribution in [0.15, 0.2) is 11.6 Å². The lowest BCUT2D eigenvalue weighted by Gasteiger charge is -2.31. The second-order valence-electron chi connectivity index (χ2n) is 7.80. The van der Waals surface area contributed by atoms with Crippen molar-refractivity contribution in [3.63, 3.8) is 0 Å². The summed E-state index contributed by atoms with van der Waals surface area (Å²) in [5, 5.41) is 36.4. The van der Waals surface area contributed by atoms with Crippen LogP contribution in [0.1, 0.15) is 19.3 Å². The number of quaternary nitrogens is 1. The van der Waals surface area contributed by atoms with Crippen LogP contribution in [0.25, 0.3) is 0 Å². The first-order valence-electron chi connectivity index (χ1n) is 9.54. The molecular weight excluding hydrogens is 420 g/mol. The van der Waals surface area contributed by atoms with Gasteiger partial charge in [-0.3, -0.25) is 14.4 Å². The van der Waals surface area contributed by atoms with E-state index < -0.39 is 64.0 Å². The molecule has 0 aromatic rings. The van der Waals surface area contributed by atoms with Gasteiger partial charge in [-0.15, -0.1) is 0 Å². The van der Waals surface area contributed by atoms with Gasteiger partial charge in [-0.05, 0) is 6.42 Å². The van der Waals surface area contributed by atoms with E-state index in [1.807, 2.05) is 0 Å². The topological polar surface area (TPSA) is 213 Å². The Hall–Kier alpha value is -2.06. The van der Waals surface area contributed by atoms with E-state index in [2.05, 4.69) is 10.6 Å². The Labute approximate surface area is 173 Å². The van der Waals surface area contributed by atoms with E-state index in [1.165, 1.54) is 6.08 Å². The van der Waals surface area contributed by atoms with E-state index in [0.717, 1.165) is 6.26 Å². The van der Waals surface area contributed by atoms with Gasteiger partial charge in [0.15, 0.2) is 6.04 Å². The molecule has 0 spiro atoms. The van der Waals surface area contributed by atoms with Crippen LogP contribution in [0.3, 0.4) is 0 Å². The van der Waals surface area contributed by atoms with Crippen molar-refractivity contribution in [3.8, 4) is 0 Å². The smallest absolute Gasteiger partial charge is 0.278 e. The second kappa shape index (κ2) is 9.83. The molecule has 0 unspecified atom stereocenters. The standard InChI is InChI=1S/C17H28N4O8S/c1-30(28,29)3-2-10(15(18)25)20-16(26)8-4-11(14(24)13(23)5-8)21-17(27)12-6-9(22)7-19-12/h4,9-14,19,22-24H,2-3,5-7H2,1H3,(H2,18,25)(H,20,26)(H,21,27)/p+1/t9-,10+,11-,12+,13-,14-/m1/s1. The van der Waals surface area contributed by atoms with Gasteiger partial charge in [0, 0.05) is 24.7 Å². The van der Waals surface area contributed by atoms with E-state index in [1.54, 1.807) is 5.32 Å². The highest BCUT2D eigenvalue weighted by molar-refractivity contribution is 7.90. The highest BCUT2D eigenvalue weighted by atomic mass is 32.2. The predicted molar refractivity (Wildman–Crippen MR) is 103 cm³/mol. The van der Waals surface area contributed by atoms with Gasteiger partial charge in [0.25, 0.3) is 5.91 Å². The summed E-state index contributed by atoms with van der Waals surface area (Å²) in [6.07, 6.45) is -1.24. The maximum atomic E-state index is 12.5. The van der Waals surface area contributed by atoms with E-state index in [9.17, 15) is 38.1 Å². The highest BCUT2D eigenvalue weighted by Crippen LogP contribution is 2.20. The summed E-state index contributed by atoms with van der Waals surface area (Å²) >= 11 is 0. The Morgan fingerprint density at radius 1 is 1.30 bits per heavy atom. The van der Waals surface area contributed by atoms with Gasteiger partial charge in [-0.1, -0.05) is 6.08 Å². The van der Waals surface area contributed by atoms with Crippen molar-refractivity contribution in [2.45, 2.75) is 55.7 Å². The lowest BCUT2D eigenvalue weighted by Crippen LogP contribution is -2.90. The summed E-state index contributed by atoms with van der Waals surface area (Å²) in [5.74, 6) is -2.49. The summed E-state index contributed by atoms with van der Waals surface area (Å²) in [6, 6.07) is -2.84. The largest absolute Gasteiger partial charge is 0.390 e. The van der Waals surface area contributed by atoms with Crippen LogP contribution < -0.4 is 21.7 Å². The molecule has 3 amide bonds. The van der Waals surface area contributed by atoms with E-state index in [0.29, 0.717) is 6.54 Å². The van der Waals surface area contributed by atoms with Crippen molar-refractivity contribution >= 4 is 27.6 Å². The molecule has 9 N–H and O–H groups in total. The minimum Gasteiger partial charge on any atom is -0.390 e. The van der Waals surface area contributed by atoms with Gasteiger partial charge < -0.3 is 37.0 Å². The number of nitrogens with two attached hydrogens (primary N) is 2. The summed E-state index contributed by atoms with van der Waals surface area (Å²) in [7, 11) is -3.38. The number of amides is 3. The monoisotopic (exact) mass is 449 g/mol. The number of hydrogen-bond acceptors (Lipinski definition) is 8. The average molecular weight is 450 g/mol. The van der Waals surface area contributed by atoms with Gasteiger partial charge in [-0.25, -0.2) is 8.42 Å². The number of hydrogen-bond donors (Lipinski definition) is 7. The molecule has 1 heterocycles. The molecule has 170 valence electrons. The molecule has 0 aromatic carbocycles. The van der Waals surface area contributed by atoms with E-state index in [-0.39, 0.29) is 30.6 Å². The van der Waals surface area contributed by atoms with Gasteiger partial charge >= 0.3 is 0 Å². The number of aliphatic hydroxyl groups is 3. The summed E-state index contributed by atoms with van der Waals surface area (Å²) in [4.78, 5) is 36.4. The molecule has 12 nitrogen and oxygen atoms in total. The second-order valence-corrected chi connectivity index (χ2v) is 10.1. The number of primary amides is 1. The third kappa shape index (κ3) is 6.74. The fraction of sp³-hybridized carbons (Fsp3) is 0.706. The van der Waals surface area contributed by atoms with Crippen LogP contribution in [0.2, 0.25) is 0 Å². The molecule has 0 radical (unpaired) electrons. The molecule has 6 atom stereocenters. The Bertz CT molecular complexity index is 815. The highest BCUT2D eigenvalue weighted by Gasteiger charge is 2.38. The molecule has 1 saturated heterocycles. The Morgan fingerprint density at radius 2 is 1.97 bits per heavy atom. The van der Waals surface area contributed by atoms with E-state index >= 15 is 0 Å². The molecule has 1 fully saturated rings. The van der Waals surface area contributed by atoms with Crippen molar-refractivity contribution < 1.29 is 43.4 Å². The van der Waals surface area contributed by atoms with Crippen molar-refractivity contribution in [2.75, 3.05) is 18.6 Å². The van der Waals surface area contributed by atoms with Crippen LogP contribution in [0.5, 0.6) is 0 Å². The zero-order chi connectivity index (χ0) is 22.6. The van der Waals surface area contributed by atoms with Crippen LogP contribution >= 0.6 is 0 Å². The summed E-state index contributed by atoms with van der Waals surface area (Å²) in [6.45, 7) is 0.374. The predicted octanol–water partition coefficient (Wildman–Crippen LogP) is -5.38. The Kier molecular flexibility index (Phi) is 7.93. The third-order valence-corrected chi connectivity index (χ3v) is 6.13. The molecule has 2 rings (SSSR count). The number of carbonyl (C=O) groups excluding carboxylic acids is 3. The molecule has 1 aliphatic heterocycles. The van der Waals surface area contributed by atoms with E-state index in [4.69, 9.17) is 5.73 Å². The van der Waals surface area contributed by atoms with Crippen molar-refractivity contribution in [2.24, 2.45) is 5.73 Å². The molecule has 0 bridgehead atoms. The minimum atomic E-state index is -3.38. The number of rotatable bonds is 8. The molecule has 30 heavy (non-hydrogen) atoms. The quantitative estimate of drug-likeness (QED) is 0.189. The Morgan fingerprint density at radius 3 is 2.50 bits per heavy atom. The lowest BCUT2D eigenvalue weighted by molar-refractivity contribution is -0.659. The van der Waals surface area contributed by atoms with Crippen LogP contribution in [0, 0.1) is 0 Å². The first-order chi connectivity index (χ1) is 13.9. The van der Waals surface area contributed by atoms with Crippen LogP contribution in [-0.4, -0.2) is 96.4 Å². The lowest BCUT2D eigenvalue weighted by atomic mass is 9.89. The number of sulfone groups is 1. The maximum Gasteiger partial charge on any atom is 0.278 e. The van der Waals surface area contributed by atoms with Gasteiger partial charge in [0.2, 0.25) is 11.8 Å². The molecule has 2 aliphatic rings. The average Bonchev–Trinajstić information content (AvgIpc) is 3.07. The van der Waals surface area contributed by atoms with Crippen LogP contribution in [0.4, 0.5) is 0 Å². The molecule has 1 aliphatic carbocycles. The maximum absolute atomic E-state index is 12.5. The molecule has 13 heteroatoms. The third-order valence-electron chi connectivity index (χ3n) is 5.15. The normalized spacial score (nSPS) is 30.3. The minimum absolute atomic E-state index is 0.0131. The number of carbonyl (C=O) groups is 3. The summed E-state index contributed by atoms with van der Waals surface area (Å²) in [5.41, 5.74) is 5.24. The van der Waals surface area contributed by atoms with Crippen molar-refractivity contribution in [3.05, 3.63) is 11.6 Å². The summed E-state index contributed by atoms with van der Waals surface area (Å²) < 4.78 is 22.6. The fourth-order valence-electron chi connectivity index (χ4n) is 3.42. The van der Waals surface area contributed by atoms with Crippen molar-refractivity contribution in [1.29, 1.82) is 0 Å². The molecule has 0 saturated carbocycles. The SMILES string of the molecule is CS(=O)(=O)CC[C@H](NC(=O)C1=C[C@@H](NC(=O)[C@@H]2C[C@@H](O)C[NH2+]2)[C@@H](O)[C@H](O)C1)C(N)=O. The molecular formula is C17H29N4O8S+. The number of aliphatic hydroxyl groups excluding tert-OH is 3. The van der Waals surface area contributed by atoms with Gasteiger partial charge in [-0.2, -0.15) is 0 Å². The van der Waals surface area contributed by atoms with Gasteiger partial charge in [0.05, 0.1) is 17.9 Å². The zero-order valence-electron chi connectivity index (χ0n) is 16.5. The van der Waals surface area contributed by atoms with Crippen LogP contribution in [-0.2, 0) is 24.2 Å². The van der Waals surface area contributed by atoms with Gasteiger partial charge in [0.1, 0.15) is 34.6 Å². The zero-order valence-corrected chi connectivity index (χ0v) is 17.3. The van der Waals surface area contributed by atoms with Crippen molar-refractivity contribution in [1.82, 2.24) is 10.6 Å². The number of nitrogens with one attached hydrogen (secondary N) is 2.